The third-order valence-electron chi connectivity index (χ3n) is 4.35. The number of ketones is 1. The van der Waals surface area contributed by atoms with Crippen LogP contribution in [0.2, 0.25) is 0 Å². The van der Waals surface area contributed by atoms with Gasteiger partial charge in [0.1, 0.15) is 11.5 Å². The van der Waals surface area contributed by atoms with E-state index in [9.17, 15) is 36.0 Å². The van der Waals surface area contributed by atoms with Crippen molar-refractivity contribution in [2.75, 3.05) is 17.7 Å². The van der Waals surface area contributed by atoms with E-state index < -0.39 is 56.2 Å². The number of aromatic amines is 1. The van der Waals surface area contributed by atoms with Gasteiger partial charge in [-0.05, 0) is 24.1 Å². The van der Waals surface area contributed by atoms with E-state index >= 15 is 0 Å². The van der Waals surface area contributed by atoms with Crippen LogP contribution in [-0.4, -0.2) is 36.7 Å². The van der Waals surface area contributed by atoms with Crippen molar-refractivity contribution >= 4 is 26.7 Å². The molecule has 166 valence electrons. The molecule has 13 heteroatoms. The largest absolute Gasteiger partial charge is 0.416 e. The van der Waals surface area contributed by atoms with Crippen LogP contribution in [0, 0.1) is 0 Å². The Balaban J connectivity index is 2.75. The minimum atomic E-state index is -4.79. The lowest BCUT2D eigenvalue weighted by Gasteiger charge is -2.20. The average molecular weight is 451 g/mol. The van der Waals surface area contributed by atoms with E-state index in [0.29, 0.717) is 6.07 Å². The number of benzene rings is 1. The number of H-pyrrole nitrogens is 1. The number of aromatic nitrogens is 2. The number of carbonyl (C=O) groups excluding carboxylic acids is 1. The molecule has 0 spiro atoms. The number of rotatable bonds is 8. The van der Waals surface area contributed by atoms with Gasteiger partial charge in [0.05, 0.1) is 22.6 Å². The van der Waals surface area contributed by atoms with Crippen LogP contribution in [0.5, 0.6) is 0 Å². The summed E-state index contributed by atoms with van der Waals surface area (Å²) in [4.78, 5) is 40.0. The zero-order valence-corrected chi connectivity index (χ0v) is 17.1. The molecular formula is C17H20F3N3O6S. The maximum absolute atomic E-state index is 13.5. The molecule has 1 heterocycles. The van der Waals surface area contributed by atoms with E-state index in [2.05, 4.69) is 4.98 Å². The summed E-state index contributed by atoms with van der Waals surface area (Å²) in [7, 11) is -3.18. The summed E-state index contributed by atoms with van der Waals surface area (Å²) in [5.74, 6) is -1.62. The van der Waals surface area contributed by atoms with Crippen molar-refractivity contribution in [1.29, 1.82) is 0 Å². The van der Waals surface area contributed by atoms with Gasteiger partial charge >= 0.3 is 11.9 Å². The molecule has 1 aromatic heterocycles. The van der Waals surface area contributed by atoms with Crippen LogP contribution in [0.15, 0.2) is 21.7 Å². The monoisotopic (exact) mass is 451 g/mol. The van der Waals surface area contributed by atoms with Crippen molar-refractivity contribution in [3.8, 4) is 0 Å². The molecule has 0 aliphatic carbocycles. The maximum Gasteiger partial charge on any atom is 0.416 e. The average Bonchev–Trinajstić information content (AvgIpc) is 2.64. The highest BCUT2D eigenvalue weighted by molar-refractivity contribution is 7.93. The summed E-state index contributed by atoms with van der Waals surface area (Å²) >= 11 is 0. The van der Waals surface area contributed by atoms with Gasteiger partial charge in [-0.25, -0.2) is 18.0 Å². The van der Waals surface area contributed by atoms with Gasteiger partial charge in [0.15, 0.2) is 0 Å². The Kier molecular flexibility index (Phi) is 6.76. The summed E-state index contributed by atoms with van der Waals surface area (Å²) < 4.78 is 69.8. The highest BCUT2D eigenvalue weighted by Crippen LogP contribution is 2.37. The molecule has 30 heavy (non-hydrogen) atoms. The Bertz CT molecular complexity index is 1180. The number of carbonyl (C=O) groups is 1. The van der Waals surface area contributed by atoms with Gasteiger partial charge in [-0.3, -0.25) is 9.59 Å². The van der Waals surface area contributed by atoms with Gasteiger partial charge in [-0.1, -0.05) is 13.8 Å². The minimum Gasteiger partial charge on any atom is -0.377 e. The number of fused-ring (bicyclic) bond motifs is 1. The smallest absolute Gasteiger partial charge is 0.377 e. The molecule has 0 bridgehead atoms. The second-order valence-corrected chi connectivity index (χ2v) is 8.13. The molecule has 2 rings (SSSR count). The molecule has 1 aromatic carbocycles. The molecule has 1 atom stereocenters. The molecule has 0 fully saturated rings. The molecule has 1 unspecified atom stereocenters. The summed E-state index contributed by atoms with van der Waals surface area (Å²) in [5, 5.41) is -0.363. The standard InChI is InChI=1S/C17H20F3N3O6S/c1-4-9(24)8-30(27,28)22-23-15(25)11-6-10(14(5-2)29-3)12(17(18,19)20)7-13(11)21-16(23)26/h6-7,14,22H,4-5,8H2,1-3H3,(H,21,26). The van der Waals surface area contributed by atoms with Crippen LogP contribution in [0.4, 0.5) is 13.2 Å². The predicted molar refractivity (Wildman–Crippen MR) is 102 cm³/mol. The summed E-state index contributed by atoms with van der Waals surface area (Å²) in [5.41, 5.74) is -4.35. The van der Waals surface area contributed by atoms with Crippen LogP contribution in [0.1, 0.15) is 43.9 Å². The third-order valence-corrected chi connectivity index (χ3v) is 5.51. The summed E-state index contributed by atoms with van der Waals surface area (Å²) in [6.07, 6.45) is -5.70. The Labute approximate surface area is 168 Å². The van der Waals surface area contributed by atoms with Crippen molar-refractivity contribution in [1.82, 2.24) is 9.66 Å². The fraction of sp³-hybridized carbons (Fsp3) is 0.471. The number of ether oxygens (including phenoxy) is 1. The normalized spacial score (nSPS) is 13.4. The van der Waals surface area contributed by atoms with Gasteiger partial charge in [0.25, 0.3) is 15.6 Å². The molecule has 0 amide bonds. The Morgan fingerprint density at radius 3 is 2.40 bits per heavy atom. The van der Waals surface area contributed by atoms with Gasteiger partial charge in [-0.2, -0.15) is 17.8 Å². The minimum absolute atomic E-state index is 0.0805. The fourth-order valence-corrected chi connectivity index (χ4v) is 4.01. The van der Waals surface area contributed by atoms with Crippen LogP contribution >= 0.6 is 0 Å². The molecule has 0 aliphatic heterocycles. The van der Waals surface area contributed by atoms with Crippen molar-refractivity contribution in [2.24, 2.45) is 0 Å². The van der Waals surface area contributed by atoms with Gasteiger partial charge in [-0.15, -0.1) is 0 Å². The molecular weight excluding hydrogens is 431 g/mol. The van der Waals surface area contributed by atoms with Crippen LogP contribution in [0.25, 0.3) is 10.9 Å². The first-order chi connectivity index (χ1) is 13.8. The lowest BCUT2D eigenvalue weighted by Crippen LogP contribution is -2.45. The van der Waals surface area contributed by atoms with Gasteiger partial charge < -0.3 is 9.72 Å². The highest BCUT2D eigenvalue weighted by atomic mass is 32.2. The molecule has 0 radical (unpaired) electrons. The molecule has 2 aromatic rings. The molecule has 0 saturated heterocycles. The topological polar surface area (TPSA) is 127 Å². The first-order valence-electron chi connectivity index (χ1n) is 8.79. The zero-order valence-electron chi connectivity index (χ0n) is 16.3. The molecule has 2 N–H and O–H groups in total. The number of methoxy groups -OCH3 is 1. The zero-order chi connectivity index (χ0) is 22.9. The summed E-state index contributed by atoms with van der Waals surface area (Å²) in [6, 6.07) is 1.52. The van der Waals surface area contributed by atoms with Crippen molar-refractivity contribution in [2.45, 2.75) is 39.0 Å². The first-order valence-corrected chi connectivity index (χ1v) is 10.4. The number of hydrogen-bond acceptors (Lipinski definition) is 6. The van der Waals surface area contributed by atoms with E-state index in [0.717, 1.165) is 6.07 Å². The molecule has 0 saturated carbocycles. The molecule has 9 nitrogen and oxygen atoms in total. The van der Waals surface area contributed by atoms with E-state index in [-0.39, 0.29) is 28.5 Å². The summed E-state index contributed by atoms with van der Waals surface area (Å²) in [6.45, 7) is 3.02. The third kappa shape index (κ3) is 4.90. The van der Waals surface area contributed by atoms with Crippen LogP contribution < -0.4 is 16.1 Å². The van der Waals surface area contributed by atoms with Crippen molar-refractivity contribution in [3.63, 3.8) is 0 Å². The second-order valence-electron chi connectivity index (χ2n) is 6.43. The van der Waals surface area contributed by atoms with E-state index in [1.54, 1.807) is 11.8 Å². The van der Waals surface area contributed by atoms with E-state index in [1.165, 1.54) is 14.0 Å². The molecule has 0 aliphatic rings. The Hall–Kier alpha value is -2.67. The number of nitrogens with one attached hydrogen (secondary N) is 2. The Morgan fingerprint density at radius 1 is 1.27 bits per heavy atom. The lowest BCUT2D eigenvalue weighted by atomic mass is 9.97. The highest BCUT2D eigenvalue weighted by Gasteiger charge is 2.36. The van der Waals surface area contributed by atoms with E-state index in [1.807, 2.05) is 0 Å². The van der Waals surface area contributed by atoms with Crippen LogP contribution in [0.3, 0.4) is 0 Å². The lowest BCUT2D eigenvalue weighted by molar-refractivity contribution is -0.139. The number of sulfonamides is 1. The second kappa shape index (κ2) is 8.60. The maximum atomic E-state index is 13.5. The number of hydrogen-bond donors (Lipinski definition) is 2. The predicted octanol–water partition coefficient (Wildman–Crippen LogP) is 1.66. The van der Waals surface area contributed by atoms with Crippen molar-refractivity contribution < 1.29 is 31.1 Å². The van der Waals surface area contributed by atoms with Gasteiger partial charge in [0.2, 0.25) is 0 Å². The Morgan fingerprint density at radius 2 is 1.90 bits per heavy atom. The number of nitrogens with zero attached hydrogens (tertiary/aromatic N) is 1. The van der Waals surface area contributed by atoms with Gasteiger partial charge in [0, 0.05) is 13.5 Å². The number of halogens is 3. The van der Waals surface area contributed by atoms with Crippen molar-refractivity contribution in [3.05, 3.63) is 44.1 Å². The number of alkyl halides is 3. The van der Waals surface area contributed by atoms with E-state index in [4.69, 9.17) is 4.74 Å². The first kappa shape index (κ1) is 23.6. The van der Waals surface area contributed by atoms with Crippen LogP contribution in [-0.2, 0) is 25.7 Å². The quantitative estimate of drug-likeness (QED) is 0.628. The SMILES string of the molecule is CCC(=O)CS(=O)(=O)Nn1c(=O)[nH]c2cc(C(F)(F)F)c(C(CC)OC)cc2c1=O. The fourth-order valence-electron chi connectivity index (χ4n) is 2.87. The number of Topliss-reactive ketones (excluding diaryl/α,β-unsaturated/α-hetero) is 1.